The van der Waals surface area contributed by atoms with Crippen molar-refractivity contribution in [2.75, 3.05) is 44.2 Å². The molecule has 1 fully saturated rings. The maximum Gasteiger partial charge on any atom is 0.228 e. The molecule has 0 unspecified atom stereocenters. The Morgan fingerprint density at radius 1 is 1.04 bits per heavy atom. The van der Waals surface area contributed by atoms with Crippen LogP contribution in [0.4, 0.5) is 5.69 Å². The monoisotopic (exact) mass is 343 g/mol. The van der Waals surface area contributed by atoms with Gasteiger partial charge in [0, 0.05) is 57.3 Å². The first kappa shape index (κ1) is 17.9. The Hall–Kier alpha value is -1.88. The van der Waals surface area contributed by atoms with E-state index in [0.29, 0.717) is 6.42 Å². The van der Waals surface area contributed by atoms with E-state index in [0.717, 1.165) is 57.8 Å². The number of benzene rings is 1. The number of fused-ring (bicyclic) bond motifs is 1. The van der Waals surface area contributed by atoms with Gasteiger partial charge in [-0.25, -0.2) is 0 Å². The van der Waals surface area contributed by atoms with Gasteiger partial charge in [0.25, 0.3) is 0 Å². The van der Waals surface area contributed by atoms with Crippen LogP contribution in [0.3, 0.4) is 0 Å². The Kier molecular flexibility index (Phi) is 5.74. The predicted octanol–water partition coefficient (Wildman–Crippen LogP) is 2.16. The van der Waals surface area contributed by atoms with Crippen molar-refractivity contribution in [3.05, 3.63) is 29.8 Å². The van der Waals surface area contributed by atoms with Gasteiger partial charge in [-0.05, 0) is 24.5 Å². The van der Waals surface area contributed by atoms with E-state index in [9.17, 15) is 9.59 Å². The third-order valence-electron chi connectivity index (χ3n) is 5.23. The molecule has 0 spiro atoms. The van der Waals surface area contributed by atoms with Crippen LogP contribution in [0.5, 0.6) is 0 Å². The molecule has 2 amide bonds. The molecule has 0 bridgehead atoms. The van der Waals surface area contributed by atoms with Crippen molar-refractivity contribution in [2.24, 2.45) is 5.92 Å². The van der Waals surface area contributed by atoms with E-state index >= 15 is 0 Å². The van der Waals surface area contributed by atoms with Crippen molar-refractivity contribution in [3.8, 4) is 0 Å². The molecule has 0 saturated carbocycles. The zero-order chi connectivity index (χ0) is 17.8. The summed E-state index contributed by atoms with van der Waals surface area (Å²) in [5, 5.41) is 0. The summed E-state index contributed by atoms with van der Waals surface area (Å²) in [5.41, 5.74) is 2.37. The van der Waals surface area contributed by atoms with E-state index in [1.54, 1.807) is 0 Å². The zero-order valence-electron chi connectivity index (χ0n) is 15.4. The van der Waals surface area contributed by atoms with Crippen molar-refractivity contribution < 1.29 is 9.59 Å². The topological polar surface area (TPSA) is 43.9 Å². The molecule has 3 rings (SSSR count). The van der Waals surface area contributed by atoms with Crippen LogP contribution in [0.25, 0.3) is 0 Å². The van der Waals surface area contributed by atoms with Gasteiger partial charge in [-0.15, -0.1) is 0 Å². The van der Waals surface area contributed by atoms with E-state index in [1.165, 1.54) is 5.56 Å². The minimum Gasteiger partial charge on any atom is -0.340 e. The third kappa shape index (κ3) is 4.21. The maximum absolute atomic E-state index is 12.7. The van der Waals surface area contributed by atoms with Gasteiger partial charge < -0.3 is 9.80 Å². The molecule has 0 aromatic heterocycles. The van der Waals surface area contributed by atoms with E-state index in [4.69, 9.17) is 0 Å². The van der Waals surface area contributed by atoms with Gasteiger partial charge in [-0.3, -0.25) is 14.5 Å². The molecule has 1 aromatic carbocycles. The zero-order valence-corrected chi connectivity index (χ0v) is 15.4. The first-order chi connectivity index (χ1) is 12.1. The summed E-state index contributed by atoms with van der Waals surface area (Å²) in [4.78, 5) is 30.9. The van der Waals surface area contributed by atoms with Crippen LogP contribution in [0.1, 0.15) is 32.3 Å². The molecule has 1 aromatic rings. The second-order valence-electron chi connectivity index (χ2n) is 7.35. The molecule has 136 valence electrons. The Bertz CT molecular complexity index is 621. The van der Waals surface area contributed by atoms with Crippen LogP contribution in [-0.2, 0) is 16.0 Å². The standard InChI is InChI=1S/C20H29N3O2/c1-16(2)20(25)22-14-12-21(13-15-22)11-9-19(24)23-10-5-7-17-6-3-4-8-18(17)23/h3-4,6,8,16H,5,7,9-15H2,1-2H3. The molecular weight excluding hydrogens is 314 g/mol. The number of piperazine rings is 1. The van der Waals surface area contributed by atoms with Crippen molar-refractivity contribution in [3.63, 3.8) is 0 Å². The molecular formula is C20H29N3O2. The van der Waals surface area contributed by atoms with Gasteiger partial charge in [0.15, 0.2) is 0 Å². The number of nitrogens with zero attached hydrogens (tertiary/aromatic N) is 3. The Morgan fingerprint density at radius 3 is 2.48 bits per heavy atom. The fraction of sp³-hybridized carbons (Fsp3) is 0.600. The highest BCUT2D eigenvalue weighted by molar-refractivity contribution is 5.94. The van der Waals surface area contributed by atoms with Crippen molar-refractivity contribution in [1.82, 2.24) is 9.80 Å². The normalized spacial score (nSPS) is 18.4. The molecule has 0 N–H and O–H groups in total. The molecule has 0 aliphatic carbocycles. The lowest BCUT2D eigenvalue weighted by atomic mass is 10.0. The fourth-order valence-corrected chi connectivity index (χ4v) is 3.74. The lowest BCUT2D eigenvalue weighted by Crippen LogP contribution is -2.50. The molecule has 1 saturated heterocycles. The number of anilines is 1. The summed E-state index contributed by atoms with van der Waals surface area (Å²) < 4.78 is 0. The Balaban J connectivity index is 1.49. The van der Waals surface area contributed by atoms with Gasteiger partial charge in [-0.1, -0.05) is 32.0 Å². The molecule has 2 heterocycles. The minimum absolute atomic E-state index is 0.0623. The van der Waals surface area contributed by atoms with Gasteiger partial charge >= 0.3 is 0 Å². The van der Waals surface area contributed by atoms with Gasteiger partial charge in [0.1, 0.15) is 0 Å². The number of carbonyl (C=O) groups excluding carboxylic acids is 2. The van der Waals surface area contributed by atoms with Gasteiger partial charge in [-0.2, -0.15) is 0 Å². The lowest BCUT2D eigenvalue weighted by Gasteiger charge is -2.36. The van der Waals surface area contributed by atoms with Crippen molar-refractivity contribution >= 4 is 17.5 Å². The van der Waals surface area contributed by atoms with Crippen LogP contribution >= 0.6 is 0 Å². The van der Waals surface area contributed by atoms with E-state index in [2.05, 4.69) is 17.0 Å². The quantitative estimate of drug-likeness (QED) is 0.841. The number of aryl methyl sites for hydroxylation is 1. The summed E-state index contributed by atoms with van der Waals surface area (Å²) in [6.45, 7) is 8.78. The first-order valence-corrected chi connectivity index (χ1v) is 9.45. The second kappa shape index (κ2) is 8.00. The van der Waals surface area contributed by atoms with Gasteiger partial charge in [0.05, 0.1) is 0 Å². The first-order valence-electron chi connectivity index (χ1n) is 9.45. The van der Waals surface area contributed by atoms with Gasteiger partial charge in [0.2, 0.25) is 11.8 Å². The molecule has 5 nitrogen and oxygen atoms in total. The molecule has 0 atom stereocenters. The summed E-state index contributed by atoms with van der Waals surface area (Å²) in [6.07, 6.45) is 2.65. The van der Waals surface area contributed by atoms with Crippen LogP contribution in [-0.4, -0.2) is 60.9 Å². The van der Waals surface area contributed by atoms with Crippen LogP contribution < -0.4 is 4.90 Å². The Labute approximate surface area is 150 Å². The number of carbonyl (C=O) groups is 2. The third-order valence-corrected chi connectivity index (χ3v) is 5.23. The molecule has 5 heteroatoms. The summed E-state index contributed by atoms with van der Waals surface area (Å²) in [5.74, 6) is 0.515. The molecule has 25 heavy (non-hydrogen) atoms. The van der Waals surface area contributed by atoms with Crippen LogP contribution in [0, 0.1) is 5.92 Å². The van der Waals surface area contributed by atoms with Crippen molar-refractivity contribution in [2.45, 2.75) is 33.1 Å². The predicted molar refractivity (Wildman–Crippen MR) is 99.6 cm³/mol. The number of hydrogen-bond acceptors (Lipinski definition) is 3. The molecule has 0 radical (unpaired) electrons. The highest BCUT2D eigenvalue weighted by atomic mass is 16.2. The number of hydrogen-bond donors (Lipinski definition) is 0. The highest BCUT2D eigenvalue weighted by Gasteiger charge is 2.25. The van der Waals surface area contributed by atoms with Crippen LogP contribution in [0.2, 0.25) is 0 Å². The minimum atomic E-state index is 0.0623. The highest BCUT2D eigenvalue weighted by Crippen LogP contribution is 2.27. The Morgan fingerprint density at radius 2 is 1.76 bits per heavy atom. The second-order valence-corrected chi connectivity index (χ2v) is 7.35. The molecule has 2 aliphatic heterocycles. The largest absolute Gasteiger partial charge is 0.340 e. The smallest absolute Gasteiger partial charge is 0.228 e. The summed E-state index contributed by atoms with van der Waals surface area (Å²) >= 11 is 0. The van der Waals surface area contributed by atoms with Crippen molar-refractivity contribution in [1.29, 1.82) is 0 Å². The van der Waals surface area contributed by atoms with E-state index in [1.807, 2.05) is 35.8 Å². The average molecular weight is 343 g/mol. The average Bonchev–Trinajstić information content (AvgIpc) is 2.65. The number of amides is 2. The van der Waals surface area contributed by atoms with Crippen LogP contribution in [0.15, 0.2) is 24.3 Å². The SMILES string of the molecule is CC(C)C(=O)N1CCN(CCC(=O)N2CCCc3ccccc32)CC1. The summed E-state index contributed by atoms with van der Waals surface area (Å²) in [6, 6.07) is 8.24. The fourth-order valence-electron chi connectivity index (χ4n) is 3.74. The number of para-hydroxylation sites is 1. The molecule has 2 aliphatic rings. The maximum atomic E-state index is 12.7. The lowest BCUT2D eigenvalue weighted by molar-refractivity contribution is -0.136. The van der Waals surface area contributed by atoms with E-state index < -0.39 is 0 Å². The number of rotatable bonds is 4. The van der Waals surface area contributed by atoms with E-state index in [-0.39, 0.29) is 17.7 Å². The summed E-state index contributed by atoms with van der Waals surface area (Å²) in [7, 11) is 0.